The van der Waals surface area contributed by atoms with Gasteiger partial charge in [-0.2, -0.15) is 0 Å². The summed E-state index contributed by atoms with van der Waals surface area (Å²) in [4.78, 5) is 26.3. The molecule has 0 bridgehead atoms. The molecule has 0 N–H and O–H groups in total. The minimum Gasteiger partial charge on any atom is -0.489 e. The molecule has 3 aromatic rings. The van der Waals surface area contributed by atoms with Crippen LogP contribution in [-0.2, 0) is 17.9 Å². The van der Waals surface area contributed by atoms with E-state index in [0.717, 1.165) is 27.8 Å². The third kappa shape index (κ3) is 5.15. The van der Waals surface area contributed by atoms with E-state index in [1.165, 1.54) is 18.2 Å². The van der Waals surface area contributed by atoms with E-state index in [1.807, 2.05) is 18.2 Å². The molecule has 0 radical (unpaired) electrons. The third-order valence-corrected chi connectivity index (χ3v) is 6.22. The number of hydrogen-bond donors (Lipinski definition) is 0. The highest BCUT2D eigenvalue weighted by molar-refractivity contribution is 8.18. The van der Waals surface area contributed by atoms with Crippen molar-refractivity contribution in [3.63, 3.8) is 0 Å². The fraction of sp³-hybridized carbons (Fsp3) is 0.0833. The summed E-state index contributed by atoms with van der Waals surface area (Å²) in [6.45, 7) is 0.154. The van der Waals surface area contributed by atoms with Crippen molar-refractivity contribution in [3.05, 3.63) is 104 Å². The monoisotopic (exact) mass is 487 g/mol. The molecule has 32 heavy (non-hydrogen) atoms. The molecular weight excluding hydrogens is 472 g/mol. The smallest absolute Gasteiger partial charge is 0.293 e. The number of halogens is 3. The van der Waals surface area contributed by atoms with E-state index in [0.29, 0.717) is 17.4 Å². The van der Waals surface area contributed by atoms with Gasteiger partial charge in [-0.3, -0.25) is 14.5 Å². The Balaban J connectivity index is 1.43. The average Bonchev–Trinajstić information content (AvgIpc) is 3.03. The van der Waals surface area contributed by atoms with Crippen molar-refractivity contribution in [3.8, 4) is 5.75 Å². The molecule has 3 aromatic carbocycles. The summed E-state index contributed by atoms with van der Waals surface area (Å²) in [5.74, 6) is -0.390. The van der Waals surface area contributed by atoms with Crippen molar-refractivity contribution in [2.75, 3.05) is 0 Å². The highest BCUT2D eigenvalue weighted by atomic mass is 35.5. The molecule has 0 atom stereocenters. The van der Waals surface area contributed by atoms with Gasteiger partial charge >= 0.3 is 0 Å². The van der Waals surface area contributed by atoms with Crippen LogP contribution in [0.4, 0.5) is 9.18 Å². The summed E-state index contributed by atoms with van der Waals surface area (Å²) in [6, 6.07) is 18.8. The van der Waals surface area contributed by atoms with Gasteiger partial charge in [0.05, 0.1) is 11.4 Å². The summed E-state index contributed by atoms with van der Waals surface area (Å²) >= 11 is 12.8. The van der Waals surface area contributed by atoms with E-state index in [2.05, 4.69) is 0 Å². The van der Waals surface area contributed by atoms with Gasteiger partial charge in [-0.15, -0.1) is 0 Å². The number of benzene rings is 3. The molecule has 0 aromatic heterocycles. The van der Waals surface area contributed by atoms with E-state index in [-0.39, 0.29) is 22.0 Å². The van der Waals surface area contributed by atoms with Gasteiger partial charge in [0.1, 0.15) is 18.2 Å². The molecule has 0 spiro atoms. The van der Waals surface area contributed by atoms with E-state index >= 15 is 0 Å². The number of hydrogen-bond acceptors (Lipinski definition) is 4. The number of imide groups is 1. The first-order valence-electron chi connectivity index (χ1n) is 9.56. The quantitative estimate of drug-likeness (QED) is 0.353. The Morgan fingerprint density at radius 2 is 1.75 bits per heavy atom. The lowest BCUT2D eigenvalue weighted by atomic mass is 10.2. The summed E-state index contributed by atoms with van der Waals surface area (Å²) in [5.41, 5.74) is 1.79. The molecule has 0 saturated carbocycles. The number of nitrogens with zero attached hydrogens (tertiary/aromatic N) is 1. The molecule has 0 unspecified atom stereocenters. The number of carbonyl (C=O) groups is 2. The van der Waals surface area contributed by atoms with Crippen molar-refractivity contribution in [1.82, 2.24) is 4.90 Å². The van der Waals surface area contributed by atoms with Gasteiger partial charge in [0.15, 0.2) is 0 Å². The van der Waals surface area contributed by atoms with Crippen molar-refractivity contribution < 1.29 is 18.7 Å². The zero-order chi connectivity index (χ0) is 22.7. The third-order valence-electron chi connectivity index (χ3n) is 4.72. The van der Waals surface area contributed by atoms with E-state index < -0.39 is 17.0 Å². The lowest BCUT2D eigenvalue weighted by molar-refractivity contribution is -0.123. The van der Waals surface area contributed by atoms with Crippen LogP contribution in [0.5, 0.6) is 5.75 Å². The lowest BCUT2D eigenvalue weighted by Gasteiger charge is -2.14. The summed E-state index contributed by atoms with van der Waals surface area (Å²) in [7, 11) is 0. The Morgan fingerprint density at radius 3 is 2.47 bits per heavy atom. The van der Waals surface area contributed by atoms with Crippen LogP contribution >= 0.6 is 35.0 Å². The molecular formula is C24H16Cl2FNO3S. The first-order valence-corrected chi connectivity index (χ1v) is 11.1. The molecule has 1 aliphatic rings. The van der Waals surface area contributed by atoms with E-state index in [9.17, 15) is 14.0 Å². The van der Waals surface area contributed by atoms with Crippen molar-refractivity contribution in [1.29, 1.82) is 0 Å². The van der Waals surface area contributed by atoms with Gasteiger partial charge in [0.25, 0.3) is 11.1 Å². The Labute approximate surface area is 198 Å². The van der Waals surface area contributed by atoms with Crippen LogP contribution in [0.2, 0.25) is 10.0 Å². The normalized spacial score (nSPS) is 15.0. The van der Waals surface area contributed by atoms with Gasteiger partial charge in [-0.05, 0) is 65.4 Å². The molecule has 1 heterocycles. The fourth-order valence-corrected chi connectivity index (χ4v) is 4.36. The second-order valence-corrected chi connectivity index (χ2v) is 8.79. The first-order chi connectivity index (χ1) is 15.4. The molecule has 8 heteroatoms. The first kappa shape index (κ1) is 22.4. The van der Waals surface area contributed by atoms with Crippen LogP contribution in [-0.4, -0.2) is 16.0 Å². The molecule has 1 fully saturated rings. The number of thioether (sulfide) groups is 1. The average molecular weight is 488 g/mol. The second-order valence-electron chi connectivity index (χ2n) is 6.96. The standard InChI is InChI=1S/C24H16Cl2FNO3S/c25-17-4-1-3-16(11-17)14-31-18-9-7-15(8-10-18)12-22-23(29)28(24(30)32-22)13-19-20(26)5-2-6-21(19)27/h1-12H,13-14H2/b22-12-. The van der Waals surface area contributed by atoms with Crippen LogP contribution in [0, 0.1) is 5.82 Å². The fourth-order valence-electron chi connectivity index (χ4n) is 3.08. The molecule has 1 saturated heterocycles. The Bertz CT molecular complexity index is 1190. The SMILES string of the molecule is O=C1S/C(=C\c2ccc(OCc3cccc(Cl)c3)cc2)C(=O)N1Cc1c(F)cccc1Cl. The maximum Gasteiger partial charge on any atom is 0.293 e. The molecule has 1 aliphatic heterocycles. The summed E-state index contributed by atoms with van der Waals surface area (Å²) in [6.07, 6.45) is 1.62. The van der Waals surface area contributed by atoms with Crippen LogP contribution in [0.1, 0.15) is 16.7 Å². The largest absolute Gasteiger partial charge is 0.489 e. The summed E-state index contributed by atoms with van der Waals surface area (Å²) < 4.78 is 19.8. The second kappa shape index (κ2) is 9.77. The maximum atomic E-state index is 14.1. The van der Waals surface area contributed by atoms with Crippen molar-refractivity contribution in [2.24, 2.45) is 0 Å². The summed E-state index contributed by atoms with van der Waals surface area (Å²) in [5, 5.41) is 0.344. The van der Waals surface area contributed by atoms with Crippen LogP contribution in [0.3, 0.4) is 0 Å². The Hall–Kier alpha value is -2.80. The number of ether oxygens (including phenoxy) is 1. The lowest BCUT2D eigenvalue weighted by Crippen LogP contribution is -2.28. The van der Waals surface area contributed by atoms with Crippen LogP contribution < -0.4 is 4.74 Å². The number of carbonyl (C=O) groups excluding carboxylic acids is 2. The zero-order valence-corrected chi connectivity index (χ0v) is 18.9. The molecule has 162 valence electrons. The minimum absolute atomic E-state index is 0.110. The van der Waals surface area contributed by atoms with Crippen molar-refractivity contribution >= 4 is 52.2 Å². The van der Waals surface area contributed by atoms with Gasteiger partial charge < -0.3 is 4.74 Å². The van der Waals surface area contributed by atoms with Gasteiger partial charge in [0.2, 0.25) is 0 Å². The Morgan fingerprint density at radius 1 is 1.00 bits per heavy atom. The van der Waals surface area contributed by atoms with E-state index in [1.54, 1.807) is 36.4 Å². The van der Waals surface area contributed by atoms with Crippen molar-refractivity contribution in [2.45, 2.75) is 13.2 Å². The molecule has 2 amide bonds. The minimum atomic E-state index is -0.561. The number of rotatable bonds is 6. The van der Waals surface area contributed by atoms with Crippen LogP contribution in [0.15, 0.2) is 71.6 Å². The van der Waals surface area contributed by atoms with Gasteiger partial charge in [-0.25, -0.2) is 4.39 Å². The maximum absolute atomic E-state index is 14.1. The van der Waals surface area contributed by atoms with Gasteiger partial charge in [0, 0.05) is 15.6 Å². The highest BCUT2D eigenvalue weighted by Gasteiger charge is 2.35. The topological polar surface area (TPSA) is 46.6 Å². The zero-order valence-electron chi connectivity index (χ0n) is 16.6. The van der Waals surface area contributed by atoms with Gasteiger partial charge in [-0.1, -0.05) is 53.5 Å². The number of amides is 2. The molecule has 0 aliphatic carbocycles. The molecule has 4 rings (SSSR count). The van der Waals surface area contributed by atoms with E-state index in [4.69, 9.17) is 27.9 Å². The predicted octanol–water partition coefficient (Wildman–Crippen LogP) is 6.95. The van der Waals surface area contributed by atoms with Crippen LogP contribution in [0.25, 0.3) is 6.08 Å². The predicted molar refractivity (Wildman–Crippen MR) is 125 cm³/mol. The molecule has 4 nitrogen and oxygen atoms in total. The Kier molecular flexibility index (Phi) is 6.84. The highest BCUT2D eigenvalue weighted by Crippen LogP contribution is 2.34.